The quantitative estimate of drug-likeness (QED) is 0.473. The van der Waals surface area contributed by atoms with E-state index in [0.29, 0.717) is 0 Å². The summed E-state index contributed by atoms with van der Waals surface area (Å²) in [6, 6.07) is 0. The molecule has 1 rings (SSSR count). The largest absolute Gasteiger partial charge is 0.494 e. The van der Waals surface area contributed by atoms with Crippen molar-refractivity contribution < 1.29 is 4.74 Å². The van der Waals surface area contributed by atoms with E-state index in [0.717, 1.165) is 23.9 Å². The highest BCUT2D eigenvalue weighted by Gasteiger charge is 2.21. The second-order valence-electron chi connectivity index (χ2n) is 3.40. The van der Waals surface area contributed by atoms with Gasteiger partial charge in [-0.05, 0) is 31.8 Å². The standard InChI is InChI=1S/C11H16O.C2H6/c1-9(2)4-5-10(3)12-8-11-6-7-11;1-2/h4-5,11H,1,3,6-8H2,2H3;1-2H3/b5-4-;. The number of rotatable bonds is 5. The van der Waals surface area contributed by atoms with Crippen LogP contribution in [0.2, 0.25) is 0 Å². The van der Waals surface area contributed by atoms with E-state index in [9.17, 15) is 0 Å². The Kier molecular flexibility index (Phi) is 6.91. The third kappa shape index (κ3) is 7.66. The third-order valence-electron chi connectivity index (χ3n) is 1.76. The lowest BCUT2D eigenvalue weighted by Gasteiger charge is -2.02. The van der Waals surface area contributed by atoms with Crippen molar-refractivity contribution in [1.82, 2.24) is 0 Å². The number of hydrogen-bond donors (Lipinski definition) is 0. The molecular formula is C13H22O. The molecule has 0 amide bonds. The van der Waals surface area contributed by atoms with E-state index >= 15 is 0 Å². The topological polar surface area (TPSA) is 9.23 Å². The van der Waals surface area contributed by atoms with E-state index in [-0.39, 0.29) is 0 Å². The molecule has 1 fully saturated rings. The molecule has 0 aromatic heterocycles. The van der Waals surface area contributed by atoms with E-state index in [2.05, 4.69) is 13.2 Å². The summed E-state index contributed by atoms with van der Waals surface area (Å²) in [5, 5.41) is 0. The smallest absolute Gasteiger partial charge is 0.112 e. The fourth-order valence-electron chi connectivity index (χ4n) is 0.793. The van der Waals surface area contributed by atoms with Gasteiger partial charge in [0.2, 0.25) is 0 Å². The van der Waals surface area contributed by atoms with Crippen molar-refractivity contribution in [2.24, 2.45) is 5.92 Å². The van der Waals surface area contributed by atoms with Gasteiger partial charge in [0.05, 0.1) is 6.61 Å². The van der Waals surface area contributed by atoms with Crippen molar-refractivity contribution in [2.75, 3.05) is 6.61 Å². The Morgan fingerprint density at radius 3 is 2.29 bits per heavy atom. The minimum atomic E-state index is 0.741. The average Bonchev–Trinajstić information content (AvgIpc) is 2.98. The highest BCUT2D eigenvalue weighted by molar-refractivity contribution is 5.19. The van der Waals surface area contributed by atoms with Crippen LogP contribution in [0.5, 0.6) is 0 Å². The van der Waals surface area contributed by atoms with Gasteiger partial charge >= 0.3 is 0 Å². The lowest BCUT2D eigenvalue weighted by Crippen LogP contribution is -1.93. The average molecular weight is 194 g/mol. The molecular weight excluding hydrogens is 172 g/mol. The summed E-state index contributed by atoms with van der Waals surface area (Å²) in [4.78, 5) is 0. The Labute approximate surface area is 88.2 Å². The number of allylic oxidation sites excluding steroid dienone is 3. The molecule has 14 heavy (non-hydrogen) atoms. The molecule has 0 radical (unpaired) electrons. The first kappa shape index (κ1) is 13.0. The molecule has 0 unspecified atom stereocenters. The molecule has 1 nitrogen and oxygen atoms in total. The monoisotopic (exact) mass is 194 g/mol. The minimum Gasteiger partial charge on any atom is -0.494 e. The fraction of sp³-hybridized carbons (Fsp3) is 0.538. The number of hydrogen-bond acceptors (Lipinski definition) is 1. The van der Waals surface area contributed by atoms with E-state index in [4.69, 9.17) is 4.74 Å². The second-order valence-corrected chi connectivity index (χ2v) is 3.40. The van der Waals surface area contributed by atoms with Gasteiger partial charge in [0.15, 0.2) is 0 Å². The van der Waals surface area contributed by atoms with Crippen LogP contribution in [0.4, 0.5) is 0 Å². The molecule has 0 heterocycles. The molecule has 0 aromatic rings. The summed E-state index contributed by atoms with van der Waals surface area (Å²) in [6.07, 6.45) is 6.41. The van der Waals surface area contributed by atoms with Crippen LogP contribution < -0.4 is 0 Å². The van der Waals surface area contributed by atoms with Gasteiger partial charge in [-0.1, -0.05) is 38.7 Å². The second kappa shape index (κ2) is 7.43. The van der Waals surface area contributed by atoms with E-state index < -0.39 is 0 Å². The fourth-order valence-corrected chi connectivity index (χ4v) is 0.793. The Balaban J connectivity index is 0.000000791. The van der Waals surface area contributed by atoms with Gasteiger partial charge in [0.25, 0.3) is 0 Å². The van der Waals surface area contributed by atoms with Gasteiger partial charge in [0, 0.05) is 0 Å². The number of ether oxygens (including phenoxy) is 1. The highest BCUT2D eigenvalue weighted by Crippen LogP contribution is 2.29. The highest BCUT2D eigenvalue weighted by atomic mass is 16.5. The van der Waals surface area contributed by atoms with Crippen molar-refractivity contribution in [1.29, 1.82) is 0 Å². The molecule has 0 spiro atoms. The Bertz CT molecular complexity index is 209. The van der Waals surface area contributed by atoms with Crippen molar-refractivity contribution in [3.05, 3.63) is 36.6 Å². The van der Waals surface area contributed by atoms with Crippen LogP contribution in [0.3, 0.4) is 0 Å². The minimum absolute atomic E-state index is 0.741. The summed E-state index contributed by atoms with van der Waals surface area (Å²) < 4.78 is 5.39. The van der Waals surface area contributed by atoms with Crippen LogP contribution in [0.1, 0.15) is 33.6 Å². The normalized spacial score (nSPS) is 14.5. The lowest BCUT2D eigenvalue weighted by molar-refractivity contribution is 0.212. The Hall–Kier alpha value is -0.980. The molecule has 0 N–H and O–H groups in total. The predicted molar refractivity (Wildman–Crippen MR) is 63.1 cm³/mol. The SMILES string of the molecule is C=C(C)/C=C\C(=C)OCC1CC1.CC. The van der Waals surface area contributed by atoms with Crippen LogP contribution in [-0.2, 0) is 4.74 Å². The van der Waals surface area contributed by atoms with E-state index in [1.165, 1.54) is 12.8 Å². The van der Waals surface area contributed by atoms with Gasteiger partial charge in [-0.2, -0.15) is 0 Å². The van der Waals surface area contributed by atoms with Gasteiger partial charge in [-0.15, -0.1) is 0 Å². The molecule has 1 aliphatic rings. The molecule has 1 aliphatic carbocycles. The predicted octanol–water partition coefficient (Wildman–Crippen LogP) is 4.09. The van der Waals surface area contributed by atoms with E-state index in [1.807, 2.05) is 32.9 Å². The molecule has 0 bridgehead atoms. The van der Waals surface area contributed by atoms with Crippen LogP contribution in [0.15, 0.2) is 36.6 Å². The first-order valence-electron chi connectivity index (χ1n) is 5.34. The zero-order valence-corrected chi connectivity index (χ0v) is 9.68. The molecule has 1 saturated carbocycles. The molecule has 0 atom stereocenters. The van der Waals surface area contributed by atoms with Gasteiger partial charge in [-0.3, -0.25) is 0 Å². The zero-order valence-electron chi connectivity index (χ0n) is 9.68. The molecule has 80 valence electrons. The van der Waals surface area contributed by atoms with Crippen LogP contribution in [-0.4, -0.2) is 6.61 Å². The maximum Gasteiger partial charge on any atom is 0.112 e. The van der Waals surface area contributed by atoms with Crippen LogP contribution in [0, 0.1) is 5.92 Å². The summed E-state index contributed by atoms with van der Waals surface area (Å²) in [7, 11) is 0. The van der Waals surface area contributed by atoms with Crippen LogP contribution >= 0.6 is 0 Å². The van der Waals surface area contributed by atoms with Crippen molar-refractivity contribution in [2.45, 2.75) is 33.6 Å². The van der Waals surface area contributed by atoms with E-state index in [1.54, 1.807) is 0 Å². The van der Waals surface area contributed by atoms with Gasteiger partial charge in [-0.25, -0.2) is 0 Å². The van der Waals surface area contributed by atoms with Crippen molar-refractivity contribution in [3.8, 4) is 0 Å². The molecule has 0 saturated heterocycles. The Morgan fingerprint density at radius 2 is 1.86 bits per heavy atom. The maximum absolute atomic E-state index is 5.39. The van der Waals surface area contributed by atoms with Crippen molar-refractivity contribution >= 4 is 0 Å². The van der Waals surface area contributed by atoms with Gasteiger partial charge < -0.3 is 4.74 Å². The first-order valence-corrected chi connectivity index (χ1v) is 5.34. The first-order chi connectivity index (χ1) is 6.68. The summed E-state index contributed by atoms with van der Waals surface area (Å²) in [5.41, 5.74) is 1.02. The summed E-state index contributed by atoms with van der Waals surface area (Å²) >= 11 is 0. The summed E-state index contributed by atoms with van der Waals surface area (Å²) in [5.74, 6) is 1.53. The molecule has 0 aliphatic heterocycles. The maximum atomic E-state index is 5.39. The molecule has 0 aromatic carbocycles. The van der Waals surface area contributed by atoms with Gasteiger partial charge in [0.1, 0.15) is 5.76 Å². The molecule has 1 heteroatoms. The zero-order chi connectivity index (χ0) is 11.0. The third-order valence-corrected chi connectivity index (χ3v) is 1.76. The van der Waals surface area contributed by atoms with Crippen molar-refractivity contribution in [3.63, 3.8) is 0 Å². The Morgan fingerprint density at radius 1 is 1.29 bits per heavy atom. The van der Waals surface area contributed by atoms with Crippen LogP contribution in [0.25, 0.3) is 0 Å². The summed E-state index contributed by atoms with van der Waals surface area (Å²) in [6.45, 7) is 14.3. The lowest BCUT2D eigenvalue weighted by atomic mass is 10.3.